The van der Waals surface area contributed by atoms with E-state index in [1.54, 1.807) is 6.92 Å². The Morgan fingerprint density at radius 1 is 1.38 bits per heavy atom. The molecule has 1 atom stereocenters. The Morgan fingerprint density at radius 3 is 2.90 bits per heavy atom. The van der Waals surface area contributed by atoms with Gasteiger partial charge in [-0.1, -0.05) is 0 Å². The van der Waals surface area contributed by atoms with E-state index in [1.165, 1.54) is 24.4 Å². The smallest absolute Gasteiger partial charge is 0.275 e. The van der Waals surface area contributed by atoms with Crippen LogP contribution in [0.2, 0.25) is 0 Å². The molecule has 0 saturated heterocycles. The van der Waals surface area contributed by atoms with E-state index in [0.717, 1.165) is 17.5 Å². The highest BCUT2D eigenvalue weighted by molar-refractivity contribution is 6.02. The summed E-state index contributed by atoms with van der Waals surface area (Å²) in [6.45, 7) is 4.16. The van der Waals surface area contributed by atoms with Gasteiger partial charge >= 0.3 is 0 Å². The third-order valence-corrected chi connectivity index (χ3v) is 4.85. The molecule has 0 saturated carbocycles. The number of halogens is 1. The number of benzene rings is 1. The molecule has 1 unspecified atom stereocenters. The van der Waals surface area contributed by atoms with E-state index in [-0.39, 0.29) is 5.69 Å². The maximum absolute atomic E-state index is 14.7. The van der Waals surface area contributed by atoms with Gasteiger partial charge in [-0.25, -0.2) is 9.37 Å². The number of aromatic amines is 1. The number of aromatic nitrogens is 3. The van der Waals surface area contributed by atoms with Gasteiger partial charge in [-0.15, -0.1) is 0 Å². The van der Waals surface area contributed by atoms with Crippen LogP contribution in [0.4, 0.5) is 10.1 Å². The Kier molecular flexibility index (Phi) is 4.30. The van der Waals surface area contributed by atoms with Crippen LogP contribution in [0.1, 0.15) is 34.2 Å². The van der Waals surface area contributed by atoms with E-state index in [9.17, 15) is 14.0 Å². The molecule has 3 heterocycles. The summed E-state index contributed by atoms with van der Waals surface area (Å²) in [5.41, 5.74) is 7.34. The monoisotopic (exact) mass is 394 g/mol. The minimum absolute atomic E-state index is 0.0362. The number of carbonyl (C=O) groups is 1. The summed E-state index contributed by atoms with van der Waals surface area (Å²) in [4.78, 5) is 34.2. The molecule has 1 aliphatic heterocycles. The van der Waals surface area contributed by atoms with Gasteiger partial charge in [-0.05, 0) is 43.7 Å². The van der Waals surface area contributed by atoms with Crippen LogP contribution >= 0.6 is 0 Å². The first-order valence-corrected chi connectivity index (χ1v) is 8.94. The number of aliphatic imine (C=N–C) groups is 1. The zero-order valence-electron chi connectivity index (χ0n) is 15.9. The molecule has 3 aromatic rings. The van der Waals surface area contributed by atoms with Crippen LogP contribution in [0.15, 0.2) is 52.6 Å². The molecule has 0 radical (unpaired) electrons. The third kappa shape index (κ3) is 3.42. The van der Waals surface area contributed by atoms with Crippen molar-refractivity contribution < 1.29 is 9.18 Å². The molecule has 0 fully saturated rings. The predicted octanol–water partition coefficient (Wildman–Crippen LogP) is 1.91. The maximum atomic E-state index is 14.7. The third-order valence-electron chi connectivity index (χ3n) is 4.85. The van der Waals surface area contributed by atoms with Crippen LogP contribution in [0.3, 0.4) is 0 Å². The zero-order valence-corrected chi connectivity index (χ0v) is 15.9. The first-order chi connectivity index (χ1) is 13.7. The number of H-pyrrole nitrogens is 1. The Morgan fingerprint density at radius 2 is 2.17 bits per heavy atom. The number of rotatable bonds is 3. The average Bonchev–Trinajstić information content (AvgIpc) is 3.04. The van der Waals surface area contributed by atoms with Crippen molar-refractivity contribution in [1.82, 2.24) is 14.5 Å². The first-order valence-electron chi connectivity index (χ1n) is 8.94. The second-order valence-electron chi connectivity index (χ2n) is 7.25. The van der Waals surface area contributed by atoms with E-state index in [4.69, 9.17) is 5.73 Å². The van der Waals surface area contributed by atoms with E-state index in [1.807, 2.05) is 23.8 Å². The van der Waals surface area contributed by atoms with Gasteiger partial charge in [0.1, 0.15) is 22.9 Å². The summed E-state index contributed by atoms with van der Waals surface area (Å²) >= 11 is 0. The van der Waals surface area contributed by atoms with Crippen molar-refractivity contribution >= 4 is 17.4 Å². The number of nitrogens with two attached hydrogens (primary N) is 1. The maximum Gasteiger partial charge on any atom is 0.275 e. The van der Waals surface area contributed by atoms with Gasteiger partial charge in [0.15, 0.2) is 0 Å². The highest BCUT2D eigenvalue weighted by Gasteiger charge is 2.34. The lowest BCUT2D eigenvalue weighted by atomic mass is 9.90. The summed E-state index contributed by atoms with van der Waals surface area (Å²) in [5, 5.41) is 2.66. The van der Waals surface area contributed by atoms with Crippen molar-refractivity contribution in [1.29, 1.82) is 0 Å². The van der Waals surface area contributed by atoms with Crippen LogP contribution in [-0.2, 0) is 12.1 Å². The van der Waals surface area contributed by atoms with Gasteiger partial charge in [0.2, 0.25) is 0 Å². The van der Waals surface area contributed by atoms with Crippen LogP contribution in [0, 0.1) is 12.7 Å². The number of amides is 1. The predicted molar refractivity (Wildman–Crippen MR) is 106 cm³/mol. The summed E-state index contributed by atoms with van der Waals surface area (Å²) in [5.74, 6) is -0.645. The van der Waals surface area contributed by atoms with Crippen molar-refractivity contribution in [3.8, 4) is 0 Å². The molecule has 4 rings (SSSR count). The second kappa shape index (κ2) is 6.69. The minimum Gasteiger partial charge on any atom is -0.382 e. The Hall–Kier alpha value is -3.75. The van der Waals surface area contributed by atoms with Gasteiger partial charge < -0.3 is 20.6 Å². The summed E-state index contributed by atoms with van der Waals surface area (Å²) < 4.78 is 16.7. The van der Waals surface area contributed by atoms with Gasteiger partial charge in [-0.2, -0.15) is 0 Å². The number of nitrogens with zero attached hydrogens (tertiary/aromatic N) is 3. The molecule has 1 aromatic carbocycles. The summed E-state index contributed by atoms with van der Waals surface area (Å²) in [7, 11) is 0. The molecule has 0 bridgehead atoms. The number of nitrogens with one attached hydrogen (secondary N) is 2. The SMILES string of the molecule is Cc1cc2n(c1)CC(C)(c1cc(NC(=O)c3c[nH]c(=O)cn3)ccc1F)N=C2N. The van der Waals surface area contributed by atoms with Crippen molar-refractivity contribution in [3.63, 3.8) is 0 Å². The molecule has 1 amide bonds. The van der Waals surface area contributed by atoms with E-state index >= 15 is 0 Å². The highest BCUT2D eigenvalue weighted by atomic mass is 19.1. The van der Waals surface area contributed by atoms with Gasteiger partial charge in [-0.3, -0.25) is 14.6 Å². The number of aryl methyl sites for hydroxylation is 1. The standard InChI is InChI=1S/C20H19FN6O2/c1-11-5-16-18(22)26-20(2,10-27(16)9-11)13-6-12(3-4-14(13)21)25-19(29)15-7-24-17(28)8-23-15/h3-9H,10H2,1-2H3,(H2,22,26)(H,24,28)(H,25,29). The normalized spacial score (nSPS) is 18.1. The van der Waals surface area contributed by atoms with Crippen LogP contribution in [0.25, 0.3) is 0 Å². The number of amidine groups is 1. The molecule has 8 nitrogen and oxygen atoms in total. The molecule has 9 heteroatoms. The Labute approximate surface area is 165 Å². The summed E-state index contributed by atoms with van der Waals surface area (Å²) in [6, 6.07) is 6.20. The lowest BCUT2D eigenvalue weighted by Crippen LogP contribution is -2.37. The molecule has 29 heavy (non-hydrogen) atoms. The van der Waals surface area contributed by atoms with E-state index in [0.29, 0.717) is 23.6 Å². The van der Waals surface area contributed by atoms with E-state index < -0.39 is 22.8 Å². The molecular weight excluding hydrogens is 375 g/mol. The molecule has 4 N–H and O–H groups in total. The Bertz CT molecular complexity index is 1190. The fraction of sp³-hybridized carbons (Fsp3) is 0.200. The van der Waals surface area contributed by atoms with Crippen molar-refractivity contribution in [3.05, 3.63) is 81.5 Å². The highest BCUT2D eigenvalue weighted by Crippen LogP contribution is 2.35. The molecule has 0 spiro atoms. The van der Waals surface area contributed by atoms with Gasteiger partial charge in [0.25, 0.3) is 11.5 Å². The minimum atomic E-state index is -0.941. The molecule has 0 aliphatic carbocycles. The van der Waals surface area contributed by atoms with Crippen molar-refractivity contribution in [2.75, 3.05) is 5.32 Å². The fourth-order valence-corrected chi connectivity index (χ4v) is 3.52. The number of hydrogen-bond donors (Lipinski definition) is 3. The number of carbonyl (C=O) groups excluding carboxylic acids is 1. The zero-order chi connectivity index (χ0) is 20.8. The number of hydrogen-bond acceptors (Lipinski definition) is 5. The molecule has 148 valence electrons. The van der Waals surface area contributed by atoms with E-state index in [2.05, 4.69) is 20.3 Å². The lowest BCUT2D eigenvalue weighted by Gasteiger charge is -2.32. The summed E-state index contributed by atoms with van der Waals surface area (Å²) in [6.07, 6.45) is 4.17. The van der Waals surface area contributed by atoms with Crippen LogP contribution in [-0.4, -0.2) is 26.3 Å². The van der Waals surface area contributed by atoms with Crippen LogP contribution < -0.4 is 16.6 Å². The average molecular weight is 394 g/mol. The largest absolute Gasteiger partial charge is 0.382 e. The number of anilines is 1. The molecule has 1 aliphatic rings. The Balaban J connectivity index is 1.67. The molecule has 2 aromatic heterocycles. The quantitative estimate of drug-likeness (QED) is 0.629. The topological polar surface area (TPSA) is 118 Å². The lowest BCUT2D eigenvalue weighted by molar-refractivity contribution is 0.102. The molecular formula is C20H19FN6O2. The van der Waals surface area contributed by atoms with Crippen molar-refractivity contribution in [2.45, 2.75) is 25.9 Å². The first kappa shape index (κ1) is 18.6. The van der Waals surface area contributed by atoms with Gasteiger partial charge in [0, 0.05) is 23.6 Å². The van der Waals surface area contributed by atoms with Crippen molar-refractivity contribution in [2.24, 2.45) is 10.7 Å². The van der Waals surface area contributed by atoms with Gasteiger partial charge in [0.05, 0.1) is 18.4 Å². The fourth-order valence-electron chi connectivity index (χ4n) is 3.52. The number of fused-ring (bicyclic) bond motifs is 1. The van der Waals surface area contributed by atoms with Crippen LogP contribution in [0.5, 0.6) is 0 Å². The second-order valence-corrected chi connectivity index (χ2v) is 7.25.